The van der Waals surface area contributed by atoms with Gasteiger partial charge in [-0.05, 0) is 40.3 Å². The van der Waals surface area contributed by atoms with E-state index < -0.39 is 5.82 Å². The number of halogens is 2. The molecule has 0 aliphatic carbocycles. The number of hydrogen-bond acceptors (Lipinski definition) is 2. The second-order valence-electron chi connectivity index (χ2n) is 2.19. The zero-order valence-electron chi connectivity index (χ0n) is 6.01. The number of benzene rings is 1. The minimum Gasteiger partial charge on any atom is -0.392 e. The summed E-state index contributed by atoms with van der Waals surface area (Å²) in [5.41, 5.74) is 0.549. The van der Waals surface area contributed by atoms with Crippen LogP contribution >= 0.6 is 22.6 Å². The summed E-state index contributed by atoms with van der Waals surface area (Å²) in [4.78, 5) is 0. The lowest BCUT2D eigenvalue weighted by molar-refractivity contribution is 0.280. The first-order valence-corrected chi connectivity index (χ1v) is 4.25. The largest absolute Gasteiger partial charge is 0.392 e. The predicted molar refractivity (Wildman–Crippen MR) is 49.8 cm³/mol. The summed E-state index contributed by atoms with van der Waals surface area (Å²) in [5, 5.41) is 17.2. The molecular formula is C8H5FINO. The van der Waals surface area contributed by atoms with Gasteiger partial charge in [-0.25, -0.2) is 4.39 Å². The third kappa shape index (κ3) is 1.73. The van der Waals surface area contributed by atoms with Crippen molar-refractivity contribution in [3.8, 4) is 6.07 Å². The van der Waals surface area contributed by atoms with Gasteiger partial charge in [0.2, 0.25) is 0 Å². The van der Waals surface area contributed by atoms with E-state index in [9.17, 15) is 4.39 Å². The zero-order chi connectivity index (χ0) is 9.14. The van der Waals surface area contributed by atoms with Gasteiger partial charge < -0.3 is 5.11 Å². The zero-order valence-corrected chi connectivity index (χ0v) is 8.17. The fourth-order valence-electron chi connectivity index (χ4n) is 0.801. The van der Waals surface area contributed by atoms with E-state index in [1.807, 2.05) is 22.6 Å². The maximum atomic E-state index is 12.9. The highest BCUT2D eigenvalue weighted by atomic mass is 127. The molecule has 0 spiro atoms. The highest BCUT2D eigenvalue weighted by Crippen LogP contribution is 2.17. The van der Waals surface area contributed by atoms with Gasteiger partial charge in [-0.15, -0.1) is 0 Å². The van der Waals surface area contributed by atoms with Crippen LogP contribution in [0, 0.1) is 20.7 Å². The monoisotopic (exact) mass is 277 g/mol. The highest BCUT2D eigenvalue weighted by molar-refractivity contribution is 14.1. The Balaban J connectivity index is 3.30. The van der Waals surface area contributed by atoms with Gasteiger partial charge in [0.25, 0.3) is 0 Å². The molecule has 0 saturated carbocycles. The second-order valence-corrected chi connectivity index (χ2v) is 3.36. The Morgan fingerprint density at radius 3 is 2.75 bits per heavy atom. The molecule has 0 unspecified atom stereocenters. The molecular weight excluding hydrogens is 272 g/mol. The van der Waals surface area contributed by atoms with E-state index >= 15 is 0 Å². The van der Waals surface area contributed by atoms with E-state index in [1.165, 1.54) is 12.1 Å². The second kappa shape index (κ2) is 3.83. The highest BCUT2D eigenvalue weighted by Gasteiger charge is 2.06. The van der Waals surface area contributed by atoms with E-state index in [0.717, 1.165) is 0 Å². The summed E-state index contributed by atoms with van der Waals surface area (Å²) in [7, 11) is 0. The summed E-state index contributed by atoms with van der Waals surface area (Å²) < 4.78 is 13.5. The van der Waals surface area contributed by atoms with Crippen molar-refractivity contribution in [2.45, 2.75) is 6.61 Å². The summed E-state index contributed by atoms with van der Waals surface area (Å²) in [6.07, 6.45) is 0. The van der Waals surface area contributed by atoms with Crippen LogP contribution < -0.4 is 0 Å². The molecule has 0 aromatic heterocycles. The Labute approximate surface area is 82.8 Å². The first kappa shape index (κ1) is 9.42. The normalized spacial score (nSPS) is 9.50. The van der Waals surface area contributed by atoms with Crippen molar-refractivity contribution in [2.24, 2.45) is 0 Å². The molecule has 1 rings (SSSR count). The summed E-state index contributed by atoms with van der Waals surface area (Å²) in [5.74, 6) is -0.542. The average molecular weight is 277 g/mol. The molecule has 1 aromatic rings. The van der Waals surface area contributed by atoms with Gasteiger partial charge >= 0.3 is 0 Å². The SMILES string of the molecule is N#Cc1cc(CO)c(I)cc1F. The smallest absolute Gasteiger partial charge is 0.142 e. The van der Waals surface area contributed by atoms with Crippen LogP contribution in [-0.4, -0.2) is 5.11 Å². The van der Waals surface area contributed by atoms with Crippen molar-refractivity contribution in [3.63, 3.8) is 0 Å². The number of aliphatic hydroxyl groups is 1. The summed E-state index contributed by atoms with van der Waals surface area (Å²) in [6.45, 7) is -0.173. The summed E-state index contributed by atoms with van der Waals surface area (Å²) >= 11 is 1.91. The topological polar surface area (TPSA) is 44.0 Å². The maximum Gasteiger partial charge on any atom is 0.142 e. The molecule has 0 amide bonds. The van der Waals surface area contributed by atoms with Crippen LogP contribution in [-0.2, 0) is 6.61 Å². The van der Waals surface area contributed by atoms with Gasteiger partial charge in [-0.3, -0.25) is 0 Å². The Morgan fingerprint density at radius 2 is 2.25 bits per heavy atom. The molecule has 0 radical (unpaired) electrons. The van der Waals surface area contributed by atoms with Crippen molar-refractivity contribution in [2.75, 3.05) is 0 Å². The van der Waals surface area contributed by atoms with Crippen LogP contribution in [0.4, 0.5) is 4.39 Å². The Kier molecular flexibility index (Phi) is 3.00. The molecule has 1 N–H and O–H groups in total. The molecule has 1 aromatic carbocycles. The Bertz CT molecular complexity index is 346. The van der Waals surface area contributed by atoms with Gasteiger partial charge in [0.1, 0.15) is 11.9 Å². The molecule has 0 bridgehead atoms. The van der Waals surface area contributed by atoms with Gasteiger partial charge in [0.05, 0.1) is 12.2 Å². The lowest BCUT2D eigenvalue weighted by Crippen LogP contribution is -1.93. The molecule has 12 heavy (non-hydrogen) atoms. The fraction of sp³-hybridized carbons (Fsp3) is 0.125. The Hall–Kier alpha value is -0.670. The van der Waals surface area contributed by atoms with Crippen LogP contribution in [0.15, 0.2) is 12.1 Å². The fourth-order valence-corrected chi connectivity index (χ4v) is 1.40. The summed E-state index contributed by atoms with van der Waals surface area (Å²) in [6, 6.07) is 4.31. The molecule has 2 nitrogen and oxygen atoms in total. The molecule has 0 aliphatic rings. The van der Waals surface area contributed by atoms with Gasteiger partial charge in [0, 0.05) is 3.57 Å². The Morgan fingerprint density at radius 1 is 1.58 bits per heavy atom. The predicted octanol–water partition coefficient (Wildman–Crippen LogP) is 1.79. The quantitative estimate of drug-likeness (QED) is 0.795. The molecule has 0 atom stereocenters. The average Bonchev–Trinajstić information content (AvgIpc) is 2.05. The molecule has 0 heterocycles. The van der Waals surface area contributed by atoms with Crippen LogP contribution in [0.3, 0.4) is 0 Å². The number of aliphatic hydroxyl groups excluding tert-OH is 1. The van der Waals surface area contributed by atoms with Gasteiger partial charge in [0.15, 0.2) is 0 Å². The van der Waals surface area contributed by atoms with E-state index in [1.54, 1.807) is 6.07 Å². The molecule has 0 aliphatic heterocycles. The molecule has 4 heteroatoms. The van der Waals surface area contributed by atoms with Gasteiger partial charge in [-0.1, -0.05) is 0 Å². The first-order valence-electron chi connectivity index (χ1n) is 3.18. The number of nitrogens with zero attached hydrogens (tertiary/aromatic N) is 1. The van der Waals surface area contributed by atoms with E-state index in [-0.39, 0.29) is 12.2 Å². The van der Waals surface area contributed by atoms with E-state index in [2.05, 4.69) is 0 Å². The molecule has 0 saturated heterocycles. The van der Waals surface area contributed by atoms with E-state index in [4.69, 9.17) is 10.4 Å². The van der Waals surface area contributed by atoms with E-state index in [0.29, 0.717) is 9.13 Å². The van der Waals surface area contributed by atoms with Crippen molar-refractivity contribution in [1.29, 1.82) is 5.26 Å². The van der Waals surface area contributed by atoms with Crippen LogP contribution in [0.1, 0.15) is 11.1 Å². The maximum absolute atomic E-state index is 12.9. The van der Waals surface area contributed by atoms with Crippen molar-refractivity contribution < 1.29 is 9.50 Å². The minimum absolute atomic E-state index is 0.0283. The van der Waals surface area contributed by atoms with Crippen LogP contribution in [0.5, 0.6) is 0 Å². The van der Waals surface area contributed by atoms with Crippen LogP contribution in [0.25, 0.3) is 0 Å². The first-order chi connectivity index (χ1) is 5.69. The van der Waals surface area contributed by atoms with Crippen molar-refractivity contribution >= 4 is 22.6 Å². The lowest BCUT2D eigenvalue weighted by atomic mass is 10.1. The number of nitriles is 1. The van der Waals surface area contributed by atoms with Crippen molar-refractivity contribution in [1.82, 2.24) is 0 Å². The third-order valence-electron chi connectivity index (χ3n) is 1.43. The number of hydrogen-bond donors (Lipinski definition) is 1. The third-order valence-corrected chi connectivity index (χ3v) is 2.43. The molecule has 0 fully saturated rings. The minimum atomic E-state index is -0.542. The van der Waals surface area contributed by atoms with Crippen molar-refractivity contribution in [3.05, 3.63) is 32.6 Å². The number of rotatable bonds is 1. The standard InChI is InChI=1S/C8H5FINO/c9-7-2-8(10)6(4-12)1-5(7)3-11/h1-2,12H,4H2. The van der Waals surface area contributed by atoms with Gasteiger partial charge in [-0.2, -0.15) is 5.26 Å². The van der Waals surface area contributed by atoms with Crippen LogP contribution in [0.2, 0.25) is 0 Å². The molecule has 62 valence electrons. The lowest BCUT2D eigenvalue weighted by Gasteiger charge is -2.01.